The van der Waals surface area contributed by atoms with E-state index >= 15 is 0 Å². The molecule has 0 fully saturated rings. The van der Waals surface area contributed by atoms with Crippen molar-refractivity contribution in [1.82, 2.24) is 19.7 Å². The third-order valence-corrected chi connectivity index (χ3v) is 5.52. The lowest BCUT2D eigenvalue weighted by atomic mass is 10.2. The van der Waals surface area contributed by atoms with Crippen LogP contribution in [0.3, 0.4) is 0 Å². The Morgan fingerprint density at radius 3 is 2.82 bits per heavy atom. The lowest BCUT2D eigenvalue weighted by Gasteiger charge is -2.12. The maximum absolute atomic E-state index is 6.40. The van der Waals surface area contributed by atoms with Crippen LogP contribution in [0, 0.1) is 0 Å². The number of hydrogen-bond acceptors (Lipinski definition) is 6. The van der Waals surface area contributed by atoms with Gasteiger partial charge in [-0.2, -0.15) is 0 Å². The Labute approximate surface area is 172 Å². The van der Waals surface area contributed by atoms with Gasteiger partial charge in [0, 0.05) is 36.7 Å². The molecule has 0 bridgehead atoms. The summed E-state index contributed by atoms with van der Waals surface area (Å²) in [6.45, 7) is 5.71. The Kier molecular flexibility index (Phi) is 5.83. The molecule has 0 saturated heterocycles. The molecule has 1 aliphatic heterocycles. The highest BCUT2D eigenvalue weighted by atomic mass is 35.5. The van der Waals surface area contributed by atoms with E-state index in [4.69, 9.17) is 21.1 Å². The number of nitrogens with zero attached hydrogens (tertiary/aromatic N) is 4. The Hall–Kier alpha value is -2.51. The van der Waals surface area contributed by atoms with E-state index in [1.54, 1.807) is 24.2 Å². The molecule has 0 saturated carbocycles. The van der Waals surface area contributed by atoms with E-state index in [0.29, 0.717) is 42.0 Å². The summed E-state index contributed by atoms with van der Waals surface area (Å²) in [6, 6.07) is 7.74. The maximum atomic E-state index is 6.40. The molecule has 0 unspecified atom stereocenters. The summed E-state index contributed by atoms with van der Waals surface area (Å²) >= 11 is 7.99. The van der Waals surface area contributed by atoms with Gasteiger partial charge in [-0.1, -0.05) is 29.4 Å². The Balaban J connectivity index is 1.57. The average Bonchev–Trinajstić information content (AvgIpc) is 2.95. The summed E-state index contributed by atoms with van der Waals surface area (Å²) in [4.78, 5) is 4.06. The molecule has 144 valence electrons. The van der Waals surface area contributed by atoms with Crippen LogP contribution < -0.4 is 9.47 Å². The minimum Gasteiger partial charge on any atom is -0.489 e. The molecule has 8 heteroatoms. The van der Waals surface area contributed by atoms with Crippen LogP contribution in [0.4, 0.5) is 0 Å². The number of thioether (sulfide) groups is 1. The number of benzene rings is 1. The highest BCUT2D eigenvalue weighted by Gasteiger charge is 2.17. The molecule has 3 heterocycles. The SMILES string of the molecule is C=CCn1c(SCc2cc(Cl)c3c(c2)OCCCO3)nnc1-c1ccncc1. The van der Waals surface area contributed by atoms with Crippen molar-refractivity contribution >= 4 is 23.4 Å². The van der Waals surface area contributed by atoms with Crippen molar-refractivity contribution in [2.45, 2.75) is 23.9 Å². The molecule has 3 aromatic rings. The molecule has 6 nitrogen and oxygen atoms in total. The minimum absolute atomic E-state index is 0.569. The zero-order valence-corrected chi connectivity index (χ0v) is 16.7. The van der Waals surface area contributed by atoms with Gasteiger partial charge in [0.05, 0.1) is 18.2 Å². The fraction of sp³-hybridized carbons (Fsp3) is 0.250. The molecule has 0 aliphatic carbocycles. The second-order valence-corrected chi connectivity index (χ2v) is 7.54. The van der Waals surface area contributed by atoms with Crippen LogP contribution in [0.1, 0.15) is 12.0 Å². The third-order valence-electron chi connectivity index (χ3n) is 4.20. The van der Waals surface area contributed by atoms with Crippen molar-refractivity contribution in [2.75, 3.05) is 13.2 Å². The molecule has 1 aliphatic rings. The van der Waals surface area contributed by atoms with Crippen LogP contribution in [0.2, 0.25) is 5.02 Å². The van der Waals surface area contributed by atoms with Gasteiger partial charge >= 0.3 is 0 Å². The standard InChI is InChI=1S/C20H19ClN4O2S/c1-2-8-25-19(15-4-6-22-7-5-15)23-24-20(25)28-13-14-11-16(21)18-17(12-14)26-9-3-10-27-18/h2,4-7,11-12H,1,3,8-10,13H2. The van der Waals surface area contributed by atoms with Crippen LogP contribution in [0.15, 0.2) is 54.5 Å². The van der Waals surface area contributed by atoms with E-state index in [-0.39, 0.29) is 0 Å². The van der Waals surface area contributed by atoms with Crippen molar-refractivity contribution < 1.29 is 9.47 Å². The number of halogens is 1. The largest absolute Gasteiger partial charge is 0.489 e. The second kappa shape index (κ2) is 8.67. The van der Waals surface area contributed by atoms with Gasteiger partial charge in [0.15, 0.2) is 22.5 Å². The average molecular weight is 415 g/mol. The van der Waals surface area contributed by atoms with Crippen LogP contribution >= 0.6 is 23.4 Å². The maximum Gasteiger partial charge on any atom is 0.192 e. The molecular formula is C20H19ClN4O2S. The summed E-state index contributed by atoms with van der Waals surface area (Å²) < 4.78 is 13.5. The van der Waals surface area contributed by atoms with Gasteiger partial charge in [0.2, 0.25) is 0 Å². The van der Waals surface area contributed by atoms with Gasteiger partial charge < -0.3 is 9.47 Å². The molecule has 0 N–H and O–H groups in total. The van der Waals surface area contributed by atoms with E-state index < -0.39 is 0 Å². The first-order valence-corrected chi connectivity index (χ1v) is 10.3. The van der Waals surface area contributed by atoms with Gasteiger partial charge in [-0.15, -0.1) is 16.8 Å². The number of fused-ring (bicyclic) bond motifs is 1. The Morgan fingerprint density at radius 1 is 1.18 bits per heavy atom. The van der Waals surface area contributed by atoms with Crippen LogP contribution in [0.25, 0.3) is 11.4 Å². The second-order valence-electron chi connectivity index (χ2n) is 6.19. The topological polar surface area (TPSA) is 62.1 Å². The number of allylic oxidation sites excluding steroid dienone is 1. The van der Waals surface area contributed by atoms with Gasteiger partial charge in [-0.05, 0) is 29.8 Å². The molecule has 0 atom stereocenters. The Bertz CT molecular complexity index is 978. The molecule has 0 amide bonds. The molecule has 2 aromatic heterocycles. The van der Waals surface area contributed by atoms with Crippen LogP contribution in [0.5, 0.6) is 11.5 Å². The zero-order chi connectivity index (χ0) is 19.3. The van der Waals surface area contributed by atoms with Crippen molar-refractivity contribution in [3.63, 3.8) is 0 Å². The summed E-state index contributed by atoms with van der Waals surface area (Å²) in [5, 5.41) is 10.1. The fourth-order valence-corrected chi connectivity index (χ4v) is 4.08. The summed E-state index contributed by atoms with van der Waals surface area (Å²) in [7, 11) is 0. The molecule has 1 aromatic carbocycles. The van der Waals surface area contributed by atoms with Gasteiger partial charge in [0.25, 0.3) is 0 Å². The summed E-state index contributed by atoms with van der Waals surface area (Å²) in [5.41, 5.74) is 2.01. The zero-order valence-electron chi connectivity index (χ0n) is 15.2. The number of rotatable bonds is 6. The molecule has 0 radical (unpaired) electrons. The quantitative estimate of drug-likeness (QED) is 0.432. The van der Waals surface area contributed by atoms with Crippen LogP contribution in [-0.2, 0) is 12.3 Å². The number of ether oxygens (including phenoxy) is 2. The number of aromatic nitrogens is 4. The predicted octanol–water partition coefficient (Wildman–Crippen LogP) is 4.63. The van der Waals surface area contributed by atoms with E-state index in [1.807, 2.05) is 34.9 Å². The van der Waals surface area contributed by atoms with Crippen molar-refractivity contribution in [1.29, 1.82) is 0 Å². The van der Waals surface area contributed by atoms with Gasteiger partial charge in [-0.3, -0.25) is 9.55 Å². The smallest absolute Gasteiger partial charge is 0.192 e. The van der Waals surface area contributed by atoms with E-state index in [1.165, 1.54) is 0 Å². The van der Waals surface area contributed by atoms with Crippen molar-refractivity contribution in [3.8, 4) is 22.9 Å². The first-order chi connectivity index (χ1) is 13.8. The number of hydrogen-bond donors (Lipinski definition) is 0. The van der Waals surface area contributed by atoms with E-state index in [9.17, 15) is 0 Å². The predicted molar refractivity (Wildman–Crippen MR) is 110 cm³/mol. The number of pyridine rings is 1. The van der Waals surface area contributed by atoms with E-state index in [0.717, 1.165) is 28.5 Å². The Morgan fingerprint density at radius 2 is 2.00 bits per heavy atom. The van der Waals surface area contributed by atoms with Gasteiger partial charge in [-0.25, -0.2) is 0 Å². The van der Waals surface area contributed by atoms with Crippen molar-refractivity contribution in [2.24, 2.45) is 0 Å². The first-order valence-electron chi connectivity index (χ1n) is 8.91. The first kappa shape index (κ1) is 18.8. The summed E-state index contributed by atoms with van der Waals surface area (Å²) in [6.07, 6.45) is 6.17. The summed E-state index contributed by atoms with van der Waals surface area (Å²) in [5.74, 6) is 2.80. The van der Waals surface area contributed by atoms with Crippen molar-refractivity contribution in [3.05, 3.63) is 59.9 Å². The monoisotopic (exact) mass is 414 g/mol. The lowest BCUT2D eigenvalue weighted by Crippen LogP contribution is -2.01. The third kappa shape index (κ3) is 4.00. The molecule has 0 spiro atoms. The highest BCUT2D eigenvalue weighted by Crippen LogP contribution is 2.39. The van der Waals surface area contributed by atoms with E-state index in [2.05, 4.69) is 21.8 Å². The minimum atomic E-state index is 0.569. The normalized spacial score (nSPS) is 13.2. The lowest BCUT2D eigenvalue weighted by molar-refractivity contribution is 0.297. The highest BCUT2D eigenvalue weighted by molar-refractivity contribution is 7.98. The fourth-order valence-electron chi connectivity index (χ4n) is 2.92. The molecule has 4 rings (SSSR count). The molecular weight excluding hydrogens is 396 g/mol. The molecule has 28 heavy (non-hydrogen) atoms. The van der Waals surface area contributed by atoms with Crippen LogP contribution in [-0.4, -0.2) is 33.0 Å². The van der Waals surface area contributed by atoms with Gasteiger partial charge in [0.1, 0.15) is 0 Å².